The first-order chi connectivity index (χ1) is 13.0. The summed E-state index contributed by atoms with van der Waals surface area (Å²) in [5.74, 6) is 0.637. The number of anilines is 1. The van der Waals surface area contributed by atoms with Crippen molar-refractivity contribution >= 4 is 11.6 Å². The van der Waals surface area contributed by atoms with Crippen molar-refractivity contribution in [3.05, 3.63) is 59.7 Å². The fraction of sp³-hybridized carbons (Fsp3) is 0.409. The fourth-order valence-electron chi connectivity index (χ4n) is 3.15. The summed E-state index contributed by atoms with van der Waals surface area (Å²) in [5.41, 5.74) is 3.36. The summed E-state index contributed by atoms with van der Waals surface area (Å²) < 4.78 is 5.78. The van der Waals surface area contributed by atoms with Gasteiger partial charge >= 0.3 is 0 Å². The summed E-state index contributed by atoms with van der Waals surface area (Å²) in [6.07, 6.45) is -0.532. The van der Waals surface area contributed by atoms with Gasteiger partial charge in [-0.1, -0.05) is 30.3 Å². The van der Waals surface area contributed by atoms with Crippen LogP contribution in [0.3, 0.4) is 0 Å². The van der Waals surface area contributed by atoms with E-state index in [0.29, 0.717) is 6.54 Å². The molecule has 1 aliphatic rings. The molecule has 2 aromatic carbocycles. The number of carbonyl (C=O) groups is 1. The predicted octanol–water partition coefficient (Wildman–Crippen LogP) is 2.83. The highest BCUT2D eigenvalue weighted by atomic mass is 16.5. The van der Waals surface area contributed by atoms with Crippen molar-refractivity contribution in [1.82, 2.24) is 10.2 Å². The second-order valence-electron chi connectivity index (χ2n) is 7.20. The van der Waals surface area contributed by atoms with Gasteiger partial charge in [0.15, 0.2) is 6.10 Å². The number of carbonyl (C=O) groups excluding carboxylic acids is 1. The van der Waals surface area contributed by atoms with Gasteiger partial charge < -0.3 is 19.9 Å². The zero-order chi connectivity index (χ0) is 19.2. The molecule has 1 fully saturated rings. The molecule has 0 aliphatic carbocycles. The van der Waals surface area contributed by atoms with E-state index in [1.807, 2.05) is 31.2 Å². The van der Waals surface area contributed by atoms with E-state index >= 15 is 0 Å². The zero-order valence-electron chi connectivity index (χ0n) is 16.4. The van der Waals surface area contributed by atoms with Gasteiger partial charge in [0.2, 0.25) is 0 Å². The number of hydrogen-bond acceptors (Lipinski definition) is 4. The Morgan fingerprint density at radius 3 is 2.41 bits per heavy atom. The van der Waals surface area contributed by atoms with E-state index in [2.05, 4.69) is 46.4 Å². The Morgan fingerprint density at radius 2 is 1.74 bits per heavy atom. The van der Waals surface area contributed by atoms with Crippen molar-refractivity contribution in [3.8, 4) is 5.75 Å². The Hall–Kier alpha value is -2.53. The first-order valence-corrected chi connectivity index (χ1v) is 9.55. The van der Waals surface area contributed by atoms with Gasteiger partial charge in [-0.2, -0.15) is 0 Å². The molecule has 144 valence electrons. The summed E-state index contributed by atoms with van der Waals surface area (Å²) >= 11 is 0. The lowest BCUT2D eigenvalue weighted by molar-refractivity contribution is -0.127. The zero-order valence-corrected chi connectivity index (χ0v) is 16.4. The number of amides is 1. The lowest BCUT2D eigenvalue weighted by Gasteiger charge is -2.34. The maximum atomic E-state index is 12.3. The Morgan fingerprint density at radius 1 is 1.07 bits per heavy atom. The van der Waals surface area contributed by atoms with Gasteiger partial charge in [-0.05, 0) is 50.2 Å². The average molecular weight is 367 g/mol. The molecule has 1 heterocycles. The van der Waals surface area contributed by atoms with Crippen molar-refractivity contribution < 1.29 is 9.53 Å². The largest absolute Gasteiger partial charge is 0.481 e. The molecule has 0 saturated carbocycles. The molecule has 27 heavy (non-hydrogen) atoms. The number of hydrogen-bond donors (Lipinski definition) is 1. The third kappa shape index (κ3) is 5.23. The smallest absolute Gasteiger partial charge is 0.261 e. The molecule has 0 spiro atoms. The van der Waals surface area contributed by atoms with Crippen LogP contribution < -0.4 is 15.0 Å². The van der Waals surface area contributed by atoms with Crippen LogP contribution in [0.5, 0.6) is 5.75 Å². The SMILES string of the molecule is Cc1ccccc1OC(C)C(=O)NCc1ccc(N2CCN(C)CC2)cc1. The van der Waals surface area contributed by atoms with Gasteiger partial charge in [-0.25, -0.2) is 0 Å². The van der Waals surface area contributed by atoms with Crippen LogP contribution >= 0.6 is 0 Å². The predicted molar refractivity (Wildman–Crippen MR) is 109 cm³/mol. The van der Waals surface area contributed by atoms with Crippen LogP contribution in [0.25, 0.3) is 0 Å². The first kappa shape index (κ1) is 19.2. The van der Waals surface area contributed by atoms with Gasteiger partial charge in [0.05, 0.1) is 0 Å². The van der Waals surface area contributed by atoms with Crippen molar-refractivity contribution in [1.29, 1.82) is 0 Å². The topological polar surface area (TPSA) is 44.8 Å². The molecule has 1 saturated heterocycles. The van der Waals surface area contributed by atoms with Gasteiger partial charge in [-0.3, -0.25) is 4.79 Å². The van der Waals surface area contributed by atoms with E-state index in [1.54, 1.807) is 6.92 Å². The number of nitrogens with zero attached hydrogens (tertiary/aromatic N) is 2. The standard InChI is InChI=1S/C22H29N3O2/c1-17-6-4-5-7-21(17)27-18(2)22(26)23-16-19-8-10-20(11-9-19)25-14-12-24(3)13-15-25/h4-11,18H,12-16H2,1-3H3,(H,23,26). The Bertz CT molecular complexity index is 752. The monoisotopic (exact) mass is 367 g/mol. The van der Waals surface area contributed by atoms with E-state index in [1.165, 1.54) is 5.69 Å². The molecule has 5 heteroatoms. The maximum Gasteiger partial charge on any atom is 0.261 e. The molecular formula is C22H29N3O2. The molecule has 5 nitrogen and oxygen atoms in total. The molecular weight excluding hydrogens is 338 g/mol. The summed E-state index contributed by atoms with van der Waals surface area (Å²) in [7, 11) is 2.16. The van der Waals surface area contributed by atoms with Crippen molar-refractivity contribution in [3.63, 3.8) is 0 Å². The molecule has 1 unspecified atom stereocenters. The van der Waals surface area contributed by atoms with Gasteiger partial charge in [0, 0.05) is 38.4 Å². The van der Waals surface area contributed by atoms with Crippen molar-refractivity contribution in [2.24, 2.45) is 0 Å². The van der Waals surface area contributed by atoms with E-state index in [4.69, 9.17) is 4.74 Å². The summed E-state index contributed by atoms with van der Waals surface area (Å²) in [6.45, 7) is 8.55. The van der Waals surface area contributed by atoms with Crippen LogP contribution in [0.4, 0.5) is 5.69 Å². The van der Waals surface area contributed by atoms with Gasteiger partial charge in [-0.15, -0.1) is 0 Å². The Balaban J connectivity index is 1.49. The highest BCUT2D eigenvalue weighted by Gasteiger charge is 2.16. The number of ether oxygens (including phenoxy) is 1. The fourth-order valence-corrected chi connectivity index (χ4v) is 3.15. The molecule has 1 amide bonds. The van der Waals surface area contributed by atoms with E-state index in [0.717, 1.165) is 43.1 Å². The van der Waals surface area contributed by atoms with E-state index < -0.39 is 6.10 Å². The van der Waals surface area contributed by atoms with Crippen LogP contribution in [-0.4, -0.2) is 50.1 Å². The summed E-state index contributed by atoms with van der Waals surface area (Å²) in [4.78, 5) is 17.1. The Kier molecular flexibility index (Phi) is 6.35. The molecule has 0 bridgehead atoms. The van der Waals surface area contributed by atoms with Crippen LogP contribution in [0.1, 0.15) is 18.1 Å². The third-order valence-corrected chi connectivity index (χ3v) is 5.04. The van der Waals surface area contributed by atoms with Crippen LogP contribution in [0.2, 0.25) is 0 Å². The summed E-state index contributed by atoms with van der Waals surface area (Å²) in [6, 6.07) is 16.2. The lowest BCUT2D eigenvalue weighted by atomic mass is 10.1. The number of aryl methyl sites for hydroxylation is 1. The molecule has 1 N–H and O–H groups in total. The normalized spacial score (nSPS) is 16.0. The first-order valence-electron chi connectivity index (χ1n) is 9.55. The number of likely N-dealkylation sites (N-methyl/N-ethyl adjacent to an activating group) is 1. The maximum absolute atomic E-state index is 12.3. The van der Waals surface area contributed by atoms with Crippen LogP contribution in [0.15, 0.2) is 48.5 Å². The minimum absolute atomic E-state index is 0.110. The van der Waals surface area contributed by atoms with E-state index in [-0.39, 0.29) is 5.91 Å². The molecule has 2 aromatic rings. The molecule has 0 radical (unpaired) electrons. The van der Waals surface area contributed by atoms with E-state index in [9.17, 15) is 4.79 Å². The summed E-state index contributed by atoms with van der Waals surface area (Å²) in [5, 5.41) is 2.96. The number of nitrogens with one attached hydrogen (secondary N) is 1. The third-order valence-electron chi connectivity index (χ3n) is 5.04. The van der Waals surface area contributed by atoms with Gasteiger partial charge in [0.1, 0.15) is 5.75 Å². The quantitative estimate of drug-likeness (QED) is 0.853. The Labute approximate surface area is 161 Å². The second-order valence-corrected chi connectivity index (χ2v) is 7.20. The van der Waals surface area contributed by atoms with Crippen LogP contribution in [0, 0.1) is 6.92 Å². The molecule has 0 aromatic heterocycles. The number of para-hydroxylation sites is 1. The van der Waals surface area contributed by atoms with Crippen molar-refractivity contribution in [2.75, 3.05) is 38.1 Å². The lowest BCUT2D eigenvalue weighted by Crippen LogP contribution is -2.44. The molecule has 1 aliphatic heterocycles. The van der Waals surface area contributed by atoms with Crippen LogP contribution in [-0.2, 0) is 11.3 Å². The second kappa shape index (κ2) is 8.91. The minimum Gasteiger partial charge on any atom is -0.481 e. The number of rotatable bonds is 6. The van der Waals surface area contributed by atoms with Crippen molar-refractivity contribution in [2.45, 2.75) is 26.5 Å². The number of benzene rings is 2. The minimum atomic E-state index is -0.532. The highest BCUT2D eigenvalue weighted by molar-refractivity contribution is 5.80. The average Bonchev–Trinajstić information content (AvgIpc) is 2.69. The molecule has 1 atom stereocenters. The number of piperazine rings is 1. The highest BCUT2D eigenvalue weighted by Crippen LogP contribution is 2.19. The van der Waals surface area contributed by atoms with Gasteiger partial charge in [0.25, 0.3) is 5.91 Å². The molecule has 3 rings (SSSR count).